The Morgan fingerprint density at radius 3 is 2.67 bits per heavy atom. The first kappa shape index (κ1) is 25.2. The summed E-state index contributed by atoms with van der Waals surface area (Å²) in [5, 5.41) is 3.32. The monoisotopic (exact) mass is 540 g/mol. The molecule has 0 unspecified atom stereocenters. The van der Waals surface area contributed by atoms with Crippen molar-refractivity contribution in [2.45, 2.75) is 26.0 Å². The van der Waals surface area contributed by atoms with Crippen LogP contribution >= 0.6 is 0 Å². The lowest BCUT2D eigenvalue weighted by Crippen LogP contribution is -2.28. The van der Waals surface area contributed by atoms with E-state index in [2.05, 4.69) is 10.3 Å². The van der Waals surface area contributed by atoms with Gasteiger partial charge in [-0.15, -0.1) is 0 Å². The van der Waals surface area contributed by atoms with Crippen molar-refractivity contribution in [3.63, 3.8) is 0 Å². The number of methoxy groups -OCH3 is 1. The molecule has 1 amide bonds. The average molecular weight is 541 g/mol. The number of fused-ring (bicyclic) bond motifs is 2. The van der Waals surface area contributed by atoms with E-state index in [4.69, 9.17) is 14.2 Å². The van der Waals surface area contributed by atoms with Crippen molar-refractivity contribution < 1.29 is 23.4 Å². The standard InChI is InChI=1S/C30H25FN4O5/c1-3-20-17-34-30(39-20)27(29(37)35(34)19-7-5-4-6-8-19)28(36)33-18-9-12-26(23(31)15-18)40-25-13-14-32-24-16-21(38-2)10-11-22(24)25/h4-16,20H,3,17H2,1-2H3,(H,33,36)/t20-/m1/s1. The second-order valence-corrected chi connectivity index (χ2v) is 9.26. The molecule has 0 bridgehead atoms. The summed E-state index contributed by atoms with van der Waals surface area (Å²) in [7, 11) is 1.56. The third-order valence-electron chi connectivity index (χ3n) is 6.75. The molecule has 1 aliphatic rings. The number of aromatic nitrogens is 3. The zero-order valence-corrected chi connectivity index (χ0v) is 21.8. The number of nitrogens with one attached hydrogen (secondary N) is 1. The molecule has 202 valence electrons. The lowest BCUT2D eigenvalue weighted by Gasteiger charge is -2.12. The van der Waals surface area contributed by atoms with Crippen molar-refractivity contribution in [3.8, 4) is 28.8 Å². The van der Waals surface area contributed by atoms with Crippen molar-refractivity contribution >= 4 is 22.5 Å². The number of hydrogen-bond acceptors (Lipinski definition) is 6. The molecule has 1 aliphatic heterocycles. The average Bonchev–Trinajstić information content (AvgIpc) is 3.49. The lowest BCUT2D eigenvalue weighted by molar-refractivity contribution is 0.102. The molecule has 6 rings (SSSR count). The zero-order chi connectivity index (χ0) is 27.8. The maximum Gasteiger partial charge on any atom is 0.288 e. The van der Waals surface area contributed by atoms with Gasteiger partial charge in [0.15, 0.2) is 17.1 Å². The highest BCUT2D eigenvalue weighted by Crippen LogP contribution is 2.33. The Labute approximate surface area is 228 Å². The number of pyridine rings is 1. The number of benzene rings is 3. The van der Waals surface area contributed by atoms with E-state index in [9.17, 15) is 9.59 Å². The van der Waals surface area contributed by atoms with Gasteiger partial charge in [0.1, 0.15) is 17.6 Å². The normalized spacial score (nSPS) is 14.0. The third-order valence-corrected chi connectivity index (χ3v) is 6.75. The zero-order valence-electron chi connectivity index (χ0n) is 21.8. The molecular formula is C30H25FN4O5. The fraction of sp³-hybridized carbons (Fsp3) is 0.167. The molecule has 0 fully saturated rings. The predicted octanol–water partition coefficient (Wildman–Crippen LogP) is 5.55. The van der Waals surface area contributed by atoms with Crippen molar-refractivity contribution in [1.82, 2.24) is 14.3 Å². The summed E-state index contributed by atoms with van der Waals surface area (Å²) in [5.41, 5.74) is 0.752. The number of para-hydroxylation sites is 1. The van der Waals surface area contributed by atoms with Crippen LogP contribution < -0.4 is 25.1 Å². The van der Waals surface area contributed by atoms with Gasteiger partial charge in [-0.1, -0.05) is 25.1 Å². The second-order valence-electron chi connectivity index (χ2n) is 9.26. The summed E-state index contributed by atoms with van der Waals surface area (Å²) in [6.45, 7) is 2.40. The van der Waals surface area contributed by atoms with Crippen LogP contribution in [0.2, 0.25) is 0 Å². The maximum absolute atomic E-state index is 15.1. The molecule has 0 saturated carbocycles. The number of anilines is 1. The fourth-order valence-corrected chi connectivity index (χ4v) is 4.72. The van der Waals surface area contributed by atoms with Crippen molar-refractivity contribution in [3.05, 3.63) is 101 Å². The molecule has 0 aliphatic carbocycles. The molecule has 10 heteroatoms. The van der Waals surface area contributed by atoms with E-state index in [1.54, 1.807) is 54.4 Å². The Hall–Kier alpha value is -5.12. The summed E-state index contributed by atoms with van der Waals surface area (Å²) in [4.78, 5) is 31.0. The SMILES string of the molecule is CC[C@@H]1Cn2c(c(C(=O)Nc3ccc(Oc4ccnc5cc(OC)ccc45)c(F)c3)c(=O)n2-c2ccccc2)O1. The minimum Gasteiger partial charge on any atom is -0.497 e. The van der Waals surface area contributed by atoms with E-state index in [-0.39, 0.29) is 29.0 Å². The van der Waals surface area contributed by atoms with Crippen LogP contribution in [0.25, 0.3) is 16.6 Å². The molecular weight excluding hydrogens is 515 g/mol. The van der Waals surface area contributed by atoms with E-state index in [0.29, 0.717) is 41.1 Å². The van der Waals surface area contributed by atoms with Gasteiger partial charge < -0.3 is 19.5 Å². The van der Waals surface area contributed by atoms with Gasteiger partial charge in [0.2, 0.25) is 5.88 Å². The van der Waals surface area contributed by atoms with E-state index >= 15 is 4.39 Å². The smallest absolute Gasteiger partial charge is 0.288 e. The summed E-state index contributed by atoms with van der Waals surface area (Å²) < 4.78 is 35.3. The first-order valence-corrected chi connectivity index (χ1v) is 12.8. The Morgan fingerprint density at radius 1 is 1.10 bits per heavy atom. The lowest BCUT2D eigenvalue weighted by atomic mass is 10.2. The number of carbonyl (C=O) groups excluding carboxylic acids is 1. The maximum atomic E-state index is 15.1. The summed E-state index contributed by atoms with van der Waals surface area (Å²) >= 11 is 0. The van der Waals surface area contributed by atoms with E-state index in [1.807, 2.05) is 25.1 Å². The van der Waals surface area contributed by atoms with Crippen molar-refractivity contribution in [2.24, 2.45) is 0 Å². The number of hydrogen-bond donors (Lipinski definition) is 1. The molecule has 3 aromatic carbocycles. The minimum atomic E-state index is -0.692. The van der Waals surface area contributed by atoms with Crippen LogP contribution in [-0.2, 0) is 6.54 Å². The second kappa shape index (κ2) is 10.2. The summed E-state index contributed by atoms with van der Waals surface area (Å²) in [6.07, 6.45) is 2.10. The van der Waals surface area contributed by atoms with Crippen molar-refractivity contribution in [1.29, 1.82) is 0 Å². The molecule has 2 aromatic heterocycles. The number of halogens is 1. The van der Waals surface area contributed by atoms with Gasteiger partial charge in [0.25, 0.3) is 11.5 Å². The topological polar surface area (TPSA) is 96.6 Å². The number of nitrogens with zero attached hydrogens (tertiary/aromatic N) is 3. The highest BCUT2D eigenvalue weighted by molar-refractivity contribution is 6.06. The molecule has 40 heavy (non-hydrogen) atoms. The quantitative estimate of drug-likeness (QED) is 0.291. The molecule has 0 spiro atoms. The number of rotatable bonds is 7. The fourth-order valence-electron chi connectivity index (χ4n) is 4.72. The van der Waals surface area contributed by atoms with E-state index in [1.165, 1.54) is 16.8 Å². The van der Waals surface area contributed by atoms with Crippen LogP contribution in [0.3, 0.4) is 0 Å². The van der Waals surface area contributed by atoms with Crippen LogP contribution in [0, 0.1) is 5.82 Å². The largest absolute Gasteiger partial charge is 0.497 e. The van der Waals surface area contributed by atoms with Crippen LogP contribution in [0.15, 0.2) is 83.8 Å². The first-order valence-electron chi connectivity index (χ1n) is 12.8. The van der Waals surface area contributed by atoms with E-state index in [0.717, 1.165) is 6.07 Å². The molecule has 3 heterocycles. The molecule has 1 atom stereocenters. The molecule has 0 radical (unpaired) electrons. The van der Waals surface area contributed by atoms with Crippen LogP contribution in [0.1, 0.15) is 23.7 Å². The Morgan fingerprint density at radius 2 is 1.93 bits per heavy atom. The van der Waals surface area contributed by atoms with Gasteiger partial charge in [-0.2, -0.15) is 0 Å². The number of amides is 1. The van der Waals surface area contributed by atoms with Gasteiger partial charge in [0, 0.05) is 29.4 Å². The molecule has 5 aromatic rings. The summed E-state index contributed by atoms with van der Waals surface area (Å²) in [6, 6.07) is 20.0. The minimum absolute atomic E-state index is 0.0355. The molecule has 1 N–H and O–H groups in total. The predicted molar refractivity (Wildman–Crippen MR) is 147 cm³/mol. The van der Waals surface area contributed by atoms with Crippen molar-refractivity contribution in [2.75, 3.05) is 12.4 Å². The Balaban J connectivity index is 1.28. The highest BCUT2D eigenvalue weighted by atomic mass is 19.1. The van der Waals surface area contributed by atoms with Crippen LogP contribution in [-0.4, -0.2) is 33.5 Å². The number of ether oxygens (including phenoxy) is 3. The summed E-state index contributed by atoms with van der Waals surface area (Å²) in [5.74, 6) is -0.170. The Kier molecular flexibility index (Phi) is 6.43. The molecule has 9 nitrogen and oxygen atoms in total. The molecule has 0 saturated heterocycles. The van der Waals surface area contributed by atoms with Gasteiger partial charge in [0.05, 0.1) is 24.9 Å². The van der Waals surface area contributed by atoms with Gasteiger partial charge in [-0.25, -0.2) is 13.8 Å². The third kappa shape index (κ3) is 4.43. The van der Waals surface area contributed by atoms with Gasteiger partial charge >= 0.3 is 0 Å². The number of carbonyl (C=O) groups is 1. The first-order chi connectivity index (χ1) is 19.5. The highest BCUT2D eigenvalue weighted by Gasteiger charge is 2.34. The van der Waals surface area contributed by atoms with Crippen LogP contribution in [0.4, 0.5) is 10.1 Å². The van der Waals surface area contributed by atoms with Gasteiger partial charge in [-0.3, -0.25) is 14.6 Å². The Bertz CT molecular complexity index is 1800. The van der Waals surface area contributed by atoms with E-state index < -0.39 is 17.3 Å². The van der Waals surface area contributed by atoms with Gasteiger partial charge in [-0.05, 0) is 48.9 Å². The van der Waals surface area contributed by atoms with Crippen LogP contribution in [0.5, 0.6) is 23.1 Å².